The predicted octanol–water partition coefficient (Wildman–Crippen LogP) is 3.33. The molecule has 0 spiro atoms. The number of rotatable bonds is 4. The highest BCUT2D eigenvalue weighted by molar-refractivity contribution is 9.10. The van der Waals surface area contributed by atoms with E-state index in [0.29, 0.717) is 24.4 Å². The molecule has 0 aromatic heterocycles. The Bertz CT molecular complexity index is 761. The number of nitro benzene ring substituents is 1. The molecule has 0 saturated carbocycles. The summed E-state index contributed by atoms with van der Waals surface area (Å²) in [6.45, 7) is 0.406. The van der Waals surface area contributed by atoms with Crippen molar-refractivity contribution >= 4 is 33.2 Å². The van der Waals surface area contributed by atoms with Gasteiger partial charge in [0.2, 0.25) is 0 Å². The highest BCUT2D eigenvalue weighted by Gasteiger charge is 2.26. The van der Waals surface area contributed by atoms with E-state index in [1.54, 1.807) is 23.1 Å². The molecule has 0 atom stereocenters. The third kappa shape index (κ3) is 3.34. The lowest BCUT2D eigenvalue weighted by molar-refractivity contribution is -0.384. The molecule has 0 radical (unpaired) electrons. The number of nitrogens with zero attached hydrogens (tertiary/aromatic N) is 2. The average molecular weight is 377 g/mol. The quantitative estimate of drug-likeness (QED) is 0.605. The van der Waals surface area contributed by atoms with Crippen molar-refractivity contribution in [2.75, 3.05) is 18.1 Å². The molecule has 0 aliphatic carbocycles. The van der Waals surface area contributed by atoms with Crippen molar-refractivity contribution in [2.24, 2.45) is 0 Å². The molecule has 1 aliphatic rings. The van der Waals surface area contributed by atoms with E-state index >= 15 is 0 Å². The first-order valence-corrected chi connectivity index (χ1v) is 7.80. The number of halogens is 1. The largest absolute Gasteiger partial charge is 0.484 e. The van der Waals surface area contributed by atoms with Crippen LogP contribution in [0, 0.1) is 10.1 Å². The van der Waals surface area contributed by atoms with Crippen molar-refractivity contribution in [1.29, 1.82) is 0 Å². The molecule has 23 heavy (non-hydrogen) atoms. The summed E-state index contributed by atoms with van der Waals surface area (Å²) in [5.41, 5.74) is 1.52. The van der Waals surface area contributed by atoms with Gasteiger partial charge in [-0.05, 0) is 36.2 Å². The Morgan fingerprint density at radius 2 is 2.00 bits per heavy atom. The summed E-state index contributed by atoms with van der Waals surface area (Å²) in [5, 5.41) is 10.9. The van der Waals surface area contributed by atoms with E-state index in [1.807, 2.05) is 12.1 Å². The van der Waals surface area contributed by atoms with Gasteiger partial charge in [0.25, 0.3) is 11.6 Å². The third-order valence-corrected chi connectivity index (χ3v) is 4.18. The van der Waals surface area contributed by atoms with Gasteiger partial charge in [-0.25, -0.2) is 0 Å². The van der Waals surface area contributed by atoms with Crippen LogP contribution >= 0.6 is 15.9 Å². The number of ether oxygens (including phenoxy) is 1. The van der Waals surface area contributed by atoms with Crippen molar-refractivity contribution in [3.05, 3.63) is 62.6 Å². The number of benzene rings is 2. The molecule has 1 aliphatic heterocycles. The zero-order valence-corrected chi connectivity index (χ0v) is 13.7. The summed E-state index contributed by atoms with van der Waals surface area (Å²) in [6, 6.07) is 11.8. The van der Waals surface area contributed by atoms with E-state index < -0.39 is 4.92 Å². The number of non-ortho nitro benzene ring substituents is 1. The molecule has 0 unspecified atom stereocenters. The Hall–Kier alpha value is -2.41. The fourth-order valence-electron chi connectivity index (χ4n) is 2.49. The van der Waals surface area contributed by atoms with E-state index in [9.17, 15) is 14.9 Å². The highest BCUT2D eigenvalue weighted by Crippen LogP contribution is 2.31. The van der Waals surface area contributed by atoms with E-state index in [-0.39, 0.29) is 18.2 Å². The van der Waals surface area contributed by atoms with Crippen LogP contribution in [0.3, 0.4) is 0 Å². The predicted molar refractivity (Wildman–Crippen MR) is 88.8 cm³/mol. The fourth-order valence-corrected chi connectivity index (χ4v) is 2.76. The van der Waals surface area contributed by atoms with Crippen LogP contribution < -0.4 is 9.64 Å². The van der Waals surface area contributed by atoms with Gasteiger partial charge in [-0.3, -0.25) is 14.9 Å². The van der Waals surface area contributed by atoms with Crippen molar-refractivity contribution in [3.63, 3.8) is 0 Å². The molecule has 1 heterocycles. The molecule has 0 fully saturated rings. The molecule has 0 bridgehead atoms. The number of amides is 1. The summed E-state index contributed by atoms with van der Waals surface area (Å²) in [4.78, 5) is 24.3. The second kappa shape index (κ2) is 6.37. The second-order valence-electron chi connectivity index (χ2n) is 5.11. The van der Waals surface area contributed by atoms with Crippen molar-refractivity contribution in [2.45, 2.75) is 6.42 Å². The van der Waals surface area contributed by atoms with Gasteiger partial charge in [0.1, 0.15) is 5.75 Å². The van der Waals surface area contributed by atoms with Gasteiger partial charge in [0, 0.05) is 23.2 Å². The van der Waals surface area contributed by atoms with E-state index in [4.69, 9.17) is 4.74 Å². The van der Waals surface area contributed by atoms with Crippen molar-refractivity contribution < 1.29 is 14.5 Å². The van der Waals surface area contributed by atoms with E-state index in [1.165, 1.54) is 12.1 Å². The molecule has 0 N–H and O–H groups in total. The van der Waals surface area contributed by atoms with Crippen LogP contribution in [0.1, 0.15) is 5.56 Å². The molecule has 6 nitrogen and oxygen atoms in total. The van der Waals surface area contributed by atoms with Crippen LogP contribution in [-0.4, -0.2) is 24.0 Å². The highest BCUT2D eigenvalue weighted by atomic mass is 79.9. The Morgan fingerprint density at radius 3 is 2.70 bits per heavy atom. The minimum Gasteiger partial charge on any atom is -0.484 e. The molecule has 7 heteroatoms. The first-order valence-electron chi connectivity index (χ1n) is 7.00. The minimum atomic E-state index is -0.459. The molecule has 0 saturated heterocycles. The lowest BCUT2D eigenvalue weighted by atomic mass is 10.1. The Labute approximate surface area is 140 Å². The number of anilines is 1. The monoisotopic (exact) mass is 376 g/mol. The number of fused-ring (bicyclic) bond motifs is 1. The third-order valence-electron chi connectivity index (χ3n) is 3.65. The van der Waals surface area contributed by atoms with Crippen LogP contribution in [0.5, 0.6) is 5.75 Å². The van der Waals surface area contributed by atoms with Crippen LogP contribution in [0.4, 0.5) is 11.4 Å². The number of carbonyl (C=O) groups excluding carboxylic acids is 1. The van der Waals surface area contributed by atoms with Gasteiger partial charge in [-0.2, -0.15) is 0 Å². The molecule has 2 aromatic rings. The first kappa shape index (κ1) is 15.5. The smallest absolute Gasteiger partial charge is 0.271 e. The number of nitro groups is 1. The summed E-state index contributed by atoms with van der Waals surface area (Å²) < 4.78 is 6.41. The van der Waals surface area contributed by atoms with Gasteiger partial charge < -0.3 is 9.64 Å². The summed E-state index contributed by atoms with van der Waals surface area (Å²) in [5.74, 6) is 0.382. The minimum absolute atomic E-state index is 0.0164. The van der Waals surface area contributed by atoms with Gasteiger partial charge >= 0.3 is 0 Å². The van der Waals surface area contributed by atoms with Crippen LogP contribution in [0.15, 0.2) is 46.9 Å². The molecular formula is C16H13BrN2O4. The number of hydrogen-bond acceptors (Lipinski definition) is 4. The SMILES string of the molecule is O=C(COc1ccc(Br)cc1)N1CCc2ccc([N+](=O)[O-])cc21. The van der Waals surface area contributed by atoms with Crippen LogP contribution in [0.25, 0.3) is 0 Å². The summed E-state index contributed by atoms with van der Waals surface area (Å²) in [7, 11) is 0. The van der Waals surface area contributed by atoms with Gasteiger partial charge in [-0.15, -0.1) is 0 Å². The first-order chi connectivity index (χ1) is 11.0. The fraction of sp³-hybridized carbons (Fsp3) is 0.188. The van der Waals surface area contributed by atoms with Gasteiger partial charge in [-0.1, -0.05) is 22.0 Å². The van der Waals surface area contributed by atoms with Crippen LogP contribution in [0.2, 0.25) is 0 Å². The van der Waals surface area contributed by atoms with E-state index in [0.717, 1.165) is 10.0 Å². The molecular weight excluding hydrogens is 364 g/mol. The average Bonchev–Trinajstić information content (AvgIpc) is 2.97. The normalized spacial score (nSPS) is 12.8. The standard InChI is InChI=1S/C16H13BrN2O4/c17-12-2-5-14(6-3-12)23-10-16(20)18-8-7-11-1-4-13(19(21)22)9-15(11)18/h1-6,9H,7-8,10H2. The van der Waals surface area contributed by atoms with E-state index in [2.05, 4.69) is 15.9 Å². The Kier molecular flexibility index (Phi) is 4.29. The number of hydrogen-bond donors (Lipinski definition) is 0. The van der Waals surface area contributed by atoms with Crippen molar-refractivity contribution in [1.82, 2.24) is 0 Å². The molecule has 3 rings (SSSR count). The Morgan fingerprint density at radius 1 is 1.26 bits per heavy atom. The maximum atomic E-state index is 12.4. The maximum absolute atomic E-state index is 12.4. The Balaban J connectivity index is 1.71. The lowest BCUT2D eigenvalue weighted by Crippen LogP contribution is -2.33. The molecule has 1 amide bonds. The maximum Gasteiger partial charge on any atom is 0.271 e. The molecule has 2 aromatic carbocycles. The molecule has 118 valence electrons. The zero-order valence-electron chi connectivity index (χ0n) is 12.1. The zero-order chi connectivity index (χ0) is 16.4. The van der Waals surface area contributed by atoms with Gasteiger partial charge in [0.05, 0.1) is 10.6 Å². The van der Waals surface area contributed by atoms with Crippen molar-refractivity contribution in [3.8, 4) is 5.75 Å². The summed E-state index contributed by atoms with van der Waals surface area (Å²) in [6.07, 6.45) is 0.692. The second-order valence-corrected chi connectivity index (χ2v) is 6.02. The van der Waals surface area contributed by atoms with Crippen LogP contribution in [-0.2, 0) is 11.2 Å². The number of carbonyl (C=O) groups is 1. The summed E-state index contributed by atoms with van der Waals surface area (Å²) >= 11 is 3.33. The topological polar surface area (TPSA) is 72.7 Å². The lowest BCUT2D eigenvalue weighted by Gasteiger charge is -2.17. The van der Waals surface area contributed by atoms with Gasteiger partial charge in [0.15, 0.2) is 6.61 Å².